The molecule has 23 heavy (non-hydrogen) atoms. The molecule has 0 saturated heterocycles. The highest BCUT2D eigenvalue weighted by Gasteiger charge is 2.17. The van der Waals surface area contributed by atoms with E-state index >= 15 is 0 Å². The summed E-state index contributed by atoms with van der Waals surface area (Å²) < 4.78 is 0. The second-order valence-electron chi connectivity index (χ2n) is 5.56. The molecule has 0 aliphatic carbocycles. The molecule has 0 aliphatic heterocycles. The first-order valence-electron chi connectivity index (χ1n) is 7.97. The average molecular weight is 351 g/mol. The van der Waals surface area contributed by atoms with E-state index in [1.54, 1.807) is 11.3 Å². The van der Waals surface area contributed by atoms with Crippen molar-refractivity contribution in [2.45, 2.75) is 38.1 Å². The molecule has 1 heterocycles. The van der Waals surface area contributed by atoms with E-state index in [-0.39, 0.29) is 11.9 Å². The summed E-state index contributed by atoms with van der Waals surface area (Å²) in [6, 6.07) is 9.57. The number of amides is 1. The van der Waals surface area contributed by atoms with Crippen molar-refractivity contribution >= 4 is 28.8 Å². The van der Waals surface area contributed by atoms with Crippen molar-refractivity contribution in [3.8, 4) is 0 Å². The van der Waals surface area contributed by atoms with Crippen molar-refractivity contribution < 1.29 is 4.79 Å². The Kier molecular flexibility index (Phi) is 7.59. The molecule has 2 rings (SSSR count). The first-order chi connectivity index (χ1) is 11.2. The molecule has 1 unspecified atom stereocenters. The van der Waals surface area contributed by atoms with Gasteiger partial charge in [0.1, 0.15) is 0 Å². The smallest absolute Gasteiger partial charge is 0.220 e. The lowest BCUT2D eigenvalue weighted by molar-refractivity contribution is -0.121. The second-order valence-corrected chi connectivity index (χ2v) is 6.78. The fourth-order valence-corrected chi connectivity index (χ4v) is 3.28. The predicted molar refractivity (Wildman–Crippen MR) is 97.9 cm³/mol. The van der Waals surface area contributed by atoms with Crippen LogP contribution in [0.5, 0.6) is 0 Å². The fraction of sp³-hybridized carbons (Fsp3) is 0.389. The molecule has 0 spiro atoms. The second kappa shape index (κ2) is 9.71. The fourth-order valence-electron chi connectivity index (χ4n) is 2.47. The number of hydrogen-bond donors (Lipinski definition) is 2. The number of unbranched alkanes of at least 4 members (excludes halogenated alkanes) is 3. The van der Waals surface area contributed by atoms with Crippen molar-refractivity contribution in [1.29, 1.82) is 0 Å². The first kappa shape index (κ1) is 18.0. The zero-order valence-corrected chi connectivity index (χ0v) is 14.7. The highest BCUT2D eigenvalue weighted by Crippen LogP contribution is 2.25. The van der Waals surface area contributed by atoms with Crippen LogP contribution in [0.2, 0.25) is 5.02 Å². The normalized spacial score (nSPS) is 12.1. The van der Waals surface area contributed by atoms with Gasteiger partial charge in [-0.2, -0.15) is 11.3 Å². The van der Waals surface area contributed by atoms with Crippen LogP contribution < -0.4 is 11.1 Å². The molecule has 3 N–H and O–H groups in total. The summed E-state index contributed by atoms with van der Waals surface area (Å²) in [5.74, 6) is 0.0869. The average Bonchev–Trinajstić information content (AvgIpc) is 3.07. The van der Waals surface area contributed by atoms with Gasteiger partial charge in [-0.3, -0.25) is 4.79 Å². The van der Waals surface area contributed by atoms with Crippen LogP contribution in [0.4, 0.5) is 0 Å². The Morgan fingerprint density at radius 2 is 1.83 bits per heavy atom. The van der Waals surface area contributed by atoms with Gasteiger partial charge in [-0.25, -0.2) is 0 Å². The van der Waals surface area contributed by atoms with Crippen molar-refractivity contribution in [3.05, 3.63) is 57.2 Å². The SMILES string of the molecule is NCCCCCCC(=O)NC(c1ccc(Cl)cc1)c1ccsc1. The van der Waals surface area contributed by atoms with E-state index in [2.05, 4.69) is 10.7 Å². The van der Waals surface area contributed by atoms with Crippen molar-refractivity contribution in [2.75, 3.05) is 6.54 Å². The molecule has 3 nitrogen and oxygen atoms in total. The number of nitrogens with one attached hydrogen (secondary N) is 1. The van der Waals surface area contributed by atoms with Crippen LogP contribution in [0.25, 0.3) is 0 Å². The minimum atomic E-state index is -0.116. The summed E-state index contributed by atoms with van der Waals surface area (Å²) in [5, 5.41) is 7.94. The Hall–Kier alpha value is -1.36. The van der Waals surface area contributed by atoms with Gasteiger partial charge in [-0.05, 0) is 59.5 Å². The van der Waals surface area contributed by atoms with E-state index in [9.17, 15) is 4.79 Å². The predicted octanol–water partition coefficient (Wildman–Crippen LogP) is 4.52. The van der Waals surface area contributed by atoms with Gasteiger partial charge in [0.05, 0.1) is 6.04 Å². The van der Waals surface area contributed by atoms with Crippen LogP contribution in [0.15, 0.2) is 41.1 Å². The van der Waals surface area contributed by atoms with E-state index < -0.39 is 0 Å². The number of carbonyl (C=O) groups is 1. The summed E-state index contributed by atoms with van der Waals surface area (Å²) in [4.78, 5) is 12.3. The van der Waals surface area contributed by atoms with Gasteiger partial charge in [0.25, 0.3) is 0 Å². The Morgan fingerprint density at radius 3 is 2.48 bits per heavy atom. The molecular formula is C18H23ClN2OS. The van der Waals surface area contributed by atoms with Crippen molar-refractivity contribution in [3.63, 3.8) is 0 Å². The monoisotopic (exact) mass is 350 g/mol. The lowest BCUT2D eigenvalue weighted by Crippen LogP contribution is -2.28. The van der Waals surface area contributed by atoms with Crippen LogP contribution in [0.1, 0.15) is 49.3 Å². The van der Waals surface area contributed by atoms with E-state index in [1.807, 2.05) is 35.7 Å². The van der Waals surface area contributed by atoms with Crippen molar-refractivity contribution in [2.24, 2.45) is 5.73 Å². The maximum atomic E-state index is 12.3. The van der Waals surface area contributed by atoms with E-state index in [1.165, 1.54) is 0 Å². The Balaban J connectivity index is 1.96. The summed E-state index contributed by atoms with van der Waals surface area (Å²) in [6.07, 6.45) is 4.63. The summed E-state index contributed by atoms with van der Waals surface area (Å²) in [6.45, 7) is 0.725. The number of thiophene rings is 1. The Bertz CT molecular complexity index is 584. The largest absolute Gasteiger partial charge is 0.345 e. The molecular weight excluding hydrogens is 328 g/mol. The third-order valence-corrected chi connectivity index (χ3v) is 4.70. The van der Waals surface area contributed by atoms with Crippen LogP contribution in [-0.2, 0) is 4.79 Å². The van der Waals surface area contributed by atoms with Gasteiger partial charge in [-0.15, -0.1) is 0 Å². The van der Waals surface area contributed by atoms with Gasteiger partial charge in [-0.1, -0.05) is 36.6 Å². The Morgan fingerprint density at radius 1 is 1.09 bits per heavy atom. The lowest BCUT2D eigenvalue weighted by atomic mass is 10.0. The third kappa shape index (κ3) is 5.98. The number of nitrogens with two attached hydrogens (primary N) is 1. The lowest BCUT2D eigenvalue weighted by Gasteiger charge is -2.18. The van der Waals surface area contributed by atoms with Gasteiger partial charge in [0.2, 0.25) is 5.91 Å². The van der Waals surface area contributed by atoms with Crippen LogP contribution in [-0.4, -0.2) is 12.5 Å². The molecule has 124 valence electrons. The number of halogens is 1. The van der Waals surface area contributed by atoms with Gasteiger partial charge >= 0.3 is 0 Å². The standard InChI is InChI=1S/C18H23ClN2OS/c19-16-8-6-14(7-9-16)18(15-10-12-23-13-15)21-17(22)5-3-1-2-4-11-20/h6-10,12-13,18H,1-5,11,20H2,(H,21,22). The summed E-state index contributed by atoms with van der Waals surface area (Å²) >= 11 is 7.59. The van der Waals surface area contributed by atoms with Gasteiger partial charge in [0, 0.05) is 11.4 Å². The minimum Gasteiger partial charge on any atom is -0.345 e. The van der Waals surface area contributed by atoms with Crippen LogP contribution in [0, 0.1) is 0 Å². The minimum absolute atomic E-state index is 0.0869. The zero-order valence-electron chi connectivity index (χ0n) is 13.1. The van der Waals surface area contributed by atoms with E-state index in [0.29, 0.717) is 11.4 Å². The molecule has 0 radical (unpaired) electrons. The van der Waals surface area contributed by atoms with E-state index in [0.717, 1.165) is 43.4 Å². The van der Waals surface area contributed by atoms with Gasteiger partial charge in [0.15, 0.2) is 0 Å². The van der Waals surface area contributed by atoms with Crippen molar-refractivity contribution in [1.82, 2.24) is 5.32 Å². The number of carbonyl (C=O) groups excluding carboxylic acids is 1. The zero-order chi connectivity index (χ0) is 16.5. The highest BCUT2D eigenvalue weighted by molar-refractivity contribution is 7.08. The van der Waals surface area contributed by atoms with Gasteiger partial charge < -0.3 is 11.1 Å². The van der Waals surface area contributed by atoms with E-state index in [4.69, 9.17) is 17.3 Å². The Labute approximate surface area is 146 Å². The molecule has 0 fully saturated rings. The molecule has 0 aliphatic rings. The molecule has 0 saturated carbocycles. The maximum absolute atomic E-state index is 12.3. The molecule has 5 heteroatoms. The molecule has 1 aromatic carbocycles. The molecule has 2 aromatic rings. The maximum Gasteiger partial charge on any atom is 0.220 e. The summed E-state index contributed by atoms with van der Waals surface area (Å²) in [7, 11) is 0. The molecule has 0 bridgehead atoms. The third-order valence-electron chi connectivity index (χ3n) is 3.74. The highest BCUT2D eigenvalue weighted by atomic mass is 35.5. The number of benzene rings is 1. The number of hydrogen-bond acceptors (Lipinski definition) is 3. The molecule has 1 amide bonds. The quantitative estimate of drug-likeness (QED) is 0.653. The van der Waals surface area contributed by atoms with Crippen LogP contribution >= 0.6 is 22.9 Å². The first-order valence-corrected chi connectivity index (χ1v) is 9.30. The number of rotatable bonds is 9. The van der Waals surface area contributed by atoms with Crippen LogP contribution in [0.3, 0.4) is 0 Å². The summed E-state index contributed by atoms with van der Waals surface area (Å²) in [5.41, 5.74) is 7.63. The molecule has 1 atom stereocenters. The molecule has 1 aromatic heterocycles. The topological polar surface area (TPSA) is 55.1 Å².